The van der Waals surface area contributed by atoms with Gasteiger partial charge < -0.3 is 5.73 Å². The van der Waals surface area contributed by atoms with Crippen LogP contribution in [0.25, 0.3) is 0 Å². The fourth-order valence-electron chi connectivity index (χ4n) is 2.06. The van der Waals surface area contributed by atoms with Crippen molar-refractivity contribution in [3.63, 3.8) is 0 Å². The molecule has 0 aliphatic rings. The van der Waals surface area contributed by atoms with Crippen LogP contribution in [-0.4, -0.2) is 5.17 Å². The highest BCUT2D eigenvalue weighted by atomic mass is 35.5. The summed E-state index contributed by atoms with van der Waals surface area (Å²) < 4.78 is 0. The first kappa shape index (κ1) is 18.2. The predicted octanol–water partition coefficient (Wildman–Crippen LogP) is 6.39. The first-order valence-electron chi connectivity index (χ1n) is 7.50. The Morgan fingerprint density at radius 3 is 2.43 bits per heavy atom. The monoisotopic (exact) mass is 366 g/mol. The second kappa shape index (κ2) is 8.62. The van der Waals surface area contributed by atoms with Gasteiger partial charge in [-0.25, -0.2) is 4.99 Å². The number of aliphatic imine (C=N–C) groups is 1. The van der Waals surface area contributed by atoms with E-state index in [0.717, 1.165) is 17.7 Å². The summed E-state index contributed by atoms with van der Waals surface area (Å²) in [4.78, 5) is 4.44. The maximum Gasteiger partial charge on any atom is 0.159 e. The van der Waals surface area contributed by atoms with Crippen LogP contribution in [0.2, 0.25) is 10.0 Å². The maximum absolute atomic E-state index is 6.01. The summed E-state index contributed by atoms with van der Waals surface area (Å²) in [5, 5.41) is 1.65. The number of hydrogen-bond acceptors (Lipinski definition) is 2. The number of thioether (sulfide) groups is 1. The molecule has 0 saturated carbocycles. The SMILES string of the molecule is CC[C@@H](C)c1ccc(N=C(N)SCc2ccc(Cl)c(Cl)c2)cc1. The zero-order chi connectivity index (χ0) is 16.8. The zero-order valence-electron chi connectivity index (χ0n) is 13.2. The van der Waals surface area contributed by atoms with Crippen LogP contribution < -0.4 is 5.73 Å². The Labute approximate surface area is 152 Å². The lowest BCUT2D eigenvalue weighted by Gasteiger charge is -2.08. The molecule has 0 fully saturated rings. The van der Waals surface area contributed by atoms with Crippen LogP contribution in [0.3, 0.4) is 0 Å². The third-order valence-electron chi connectivity index (χ3n) is 3.68. The minimum Gasteiger partial charge on any atom is -0.378 e. The van der Waals surface area contributed by atoms with E-state index in [4.69, 9.17) is 28.9 Å². The van der Waals surface area contributed by atoms with Gasteiger partial charge in [0.25, 0.3) is 0 Å². The topological polar surface area (TPSA) is 38.4 Å². The molecule has 0 saturated heterocycles. The average Bonchev–Trinajstić information content (AvgIpc) is 2.56. The van der Waals surface area contributed by atoms with Gasteiger partial charge in [0.15, 0.2) is 5.17 Å². The molecule has 0 spiro atoms. The van der Waals surface area contributed by atoms with Gasteiger partial charge in [-0.3, -0.25) is 0 Å². The number of nitrogens with zero attached hydrogens (tertiary/aromatic N) is 1. The van der Waals surface area contributed by atoms with Crippen molar-refractivity contribution >= 4 is 45.8 Å². The number of nitrogens with two attached hydrogens (primary N) is 1. The number of amidine groups is 1. The summed E-state index contributed by atoms with van der Waals surface area (Å²) >= 11 is 13.4. The summed E-state index contributed by atoms with van der Waals surface area (Å²) in [6.07, 6.45) is 1.13. The molecule has 0 aliphatic carbocycles. The lowest BCUT2D eigenvalue weighted by atomic mass is 9.99. The molecule has 0 amide bonds. The summed E-state index contributed by atoms with van der Waals surface area (Å²) in [7, 11) is 0. The van der Waals surface area contributed by atoms with Gasteiger partial charge in [-0.05, 0) is 47.7 Å². The molecule has 0 radical (unpaired) electrons. The van der Waals surface area contributed by atoms with E-state index in [0.29, 0.717) is 26.9 Å². The molecule has 1 atom stereocenters. The predicted molar refractivity (Wildman–Crippen MR) is 104 cm³/mol. The third kappa shape index (κ3) is 5.45. The molecule has 2 nitrogen and oxygen atoms in total. The highest BCUT2D eigenvalue weighted by molar-refractivity contribution is 8.13. The first-order chi connectivity index (χ1) is 11.0. The minimum absolute atomic E-state index is 0.535. The zero-order valence-corrected chi connectivity index (χ0v) is 15.6. The summed E-state index contributed by atoms with van der Waals surface area (Å²) in [6, 6.07) is 13.8. The smallest absolute Gasteiger partial charge is 0.159 e. The van der Waals surface area contributed by atoms with Gasteiger partial charge in [0.05, 0.1) is 15.7 Å². The Morgan fingerprint density at radius 2 is 1.83 bits per heavy atom. The van der Waals surface area contributed by atoms with E-state index in [9.17, 15) is 0 Å². The lowest BCUT2D eigenvalue weighted by Crippen LogP contribution is -2.06. The molecule has 0 unspecified atom stereocenters. The van der Waals surface area contributed by atoms with Crippen molar-refractivity contribution in [1.82, 2.24) is 0 Å². The van der Waals surface area contributed by atoms with Crippen molar-refractivity contribution in [2.45, 2.75) is 31.9 Å². The van der Waals surface area contributed by atoms with Crippen molar-refractivity contribution in [3.05, 3.63) is 63.6 Å². The normalized spacial score (nSPS) is 13.1. The van der Waals surface area contributed by atoms with E-state index >= 15 is 0 Å². The molecule has 0 aromatic heterocycles. The van der Waals surface area contributed by atoms with Gasteiger partial charge in [-0.1, -0.05) is 67.0 Å². The number of halogens is 2. The average molecular weight is 367 g/mol. The molecular weight excluding hydrogens is 347 g/mol. The molecular formula is C18H20Cl2N2S. The van der Waals surface area contributed by atoms with E-state index < -0.39 is 0 Å². The van der Waals surface area contributed by atoms with Gasteiger partial charge >= 0.3 is 0 Å². The molecule has 0 bridgehead atoms. The number of benzene rings is 2. The molecule has 2 rings (SSSR count). The van der Waals surface area contributed by atoms with Crippen molar-refractivity contribution < 1.29 is 0 Å². The largest absolute Gasteiger partial charge is 0.378 e. The van der Waals surface area contributed by atoms with E-state index in [1.54, 1.807) is 6.07 Å². The Kier molecular flexibility index (Phi) is 6.82. The van der Waals surface area contributed by atoms with Crippen LogP contribution in [0.4, 0.5) is 5.69 Å². The van der Waals surface area contributed by atoms with Gasteiger partial charge in [0.1, 0.15) is 0 Å². The molecule has 122 valence electrons. The quantitative estimate of drug-likeness (QED) is 0.491. The molecule has 23 heavy (non-hydrogen) atoms. The molecule has 2 N–H and O–H groups in total. The summed E-state index contributed by atoms with van der Waals surface area (Å²) in [5.41, 5.74) is 9.26. The molecule has 2 aromatic carbocycles. The van der Waals surface area contributed by atoms with Crippen molar-refractivity contribution in [3.8, 4) is 0 Å². The second-order valence-electron chi connectivity index (χ2n) is 5.39. The molecule has 2 aromatic rings. The van der Waals surface area contributed by atoms with Gasteiger partial charge in [0.2, 0.25) is 0 Å². The van der Waals surface area contributed by atoms with Gasteiger partial charge in [-0.2, -0.15) is 0 Å². The van der Waals surface area contributed by atoms with Crippen LogP contribution >= 0.6 is 35.0 Å². The van der Waals surface area contributed by atoms with E-state index in [-0.39, 0.29) is 0 Å². The number of hydrogen-bond donors (Lipinski definition) is 1. The van der Waals surface area contributed by atoms with E-state index in [1.165, 1.54) is 17.3 Å². The third-order valence-corrected chi connectivity index (χ3v) is 5.29. The summed E-state index contributed by atoms with van der Waals surface area (Å²) in [5.74, 6) is 1.27. The second-order valence-corrected chi connectivity index (χ2v) is 7.20. The Balaban J connectivity index is 1.98. The fraction of sp³-hybridized carbons (Fsp3) is 0.278. The van der Waals surface area contributed by atoms with Crippen LogP contribution in [-0.2, 0) is 5.75 Å². The van der Waals surface area contributed by atoms with Gasteiger partial charge in [0, 0.05) is 5.75 Å². The lowest BCUT2D eigenvalue weighted by molar-refractivity contribution is 0.734. The standard InChI is InChI=1S/C18H20Cl2N2S/c1-3-12(2)14-5-7-15(8-6-14)22-18(21)23-11-13-4-9-16(19)17(20)10-13/h4-10,12H,3,11H2,1-2H3,(H2,21,22)/t12-/m1/s1. The molecule has 5 heteroatoms. The maximum atomic E-state index is 6.01. The van der Waals surface area contributed by atoms with Crippen LogP contribution in [0.5, 0.6) is 0 Å². The Hall–Kier alpha value is -1.16. The fourth-order valence-corrected chi connectivity index (χ4v) is 3.04. The van der Waals surface area contributed by atoms with Crippen molar-refractivity contribution in [1.29, 1.82) is 0 Å². The minimum atomic E-state index is 0.535. The summed E-state index contributed by atoms with van der Waals surface area (Å²) in [6.45, 7) is 4.41. The van der Waals surface area contributed by atoms with Gasteiger partial charge in [-0.15, -0.1) is 0 Å². The van der Waals surface area contributed by atoms with E-state index in [2.05, 4.69) is 31.0 Å². The Bertz CT molecular complexity index is 684. The molecule has 0 aliphatic heterocycles. The highest BCUT2D eigenvalue weighted by Gasteiger charge is 2.04. The van der Waals surface area contributed by atoms with Crippen LogP contribution in [0.1, 0.15) is 37.3 Å². The molecule has 0 heterocycles. The van der Waals surface area contributed by atoms with E-state index in [1.807, 2.05) is 24.3 Å². The van der Waals surface area contributed by atoms with Crippen LogP contribution in [0.15, 0.2) is 47.5 Å². The first-order valence-corrected chi connectivity index (χ1v) is 9.24. The van der Waals surface area contributed by atoms with Crippen molar-refractivity contribution in [2.75, 3.05) is 0 Å². The number of rotatable bonds is 5. The van der Waals surface area contributed by atoms with Crippen LogP contribution in [0, 0.1) is 0 Å². The highest BCUT2D eigenvalue weighted by Crippen LogP contribution is 2.26. The van der Waals surface area contributed by atoms with Crippen molar-refractivity contribution in [2.24, 2.45) is 10.7 Å². The Morgan fingerprint density at radius 1 is 1.13 bits per heavy atom.